The number of carboxylic acid groups (broad SMARTS) is 1. The fourth-order valence-electron chi connectivity index (χ4n) is 6.11. The third kappa shape index (κ3) is 6.94. The summed E-state index contributed by atoms with van der Waals surface area (Å²) in [6.07, 6.45) is 2.53. The SMILES string of the molecule is COC1=CC(=O)C=C(C)C1C(=O)Oc1c(C)c(C)c(C(=O)Oc2cc(C)c(C(=O)Oc3cc(OC)c(C(=O)O)c(C)c3C)c(C)c2C)c(O)c1C. The minimum atomic E-state index is -1.17. The number of esters is 3. The number of phenols is 1. The first-order valence-corrected chi connectivity index (χ1v) is 15.8. The Morgan fingerprint density at radius 3 is 1.69 bits per heavy atom. The van der Waals surface area contributed by atoms with Gasteiger partial charge in [0, 0.05) is 17.7 Å². The van der Waals surface area contributed by atoms with Crippen LogP contribution in [0, 0.1) is 61.3 Å². The molecule has 3 aromatic carbocycles. The normalized spacial score (nSPS) is 13.9. The van der Waals surface area contributed by atoms with Crippen LogP contribution >= 0.6 is 0 Å². The number of benzene rings is 3. The lowest BCUT2D eigenvalue weighted by molar-refractivity contribution is -0.137. The summed E-state index contributed by atoms with van der Waals surface area (Å²) in [4.78, 5) is 64.1. The van der Waals surface area contributed by atoms with Gasteiger partial charge in [0.25, 0.3) is 0 Å². The van der Waals surface area contributed by atoms with Gasteiger partial charge in [-0.25, -0.2) is 14.4 Å². The van der Waals surface area contributed by atoms with Gasteiger partial charge in [-0.1, -0.05) is 0 Å². The van der Waals surface area contributed by atoms with Gasteiger partial charge in [0.05, 0.1) is 19.8 Å². The van der Waals surface area contributed by atoms with Gasteiger partial charge in [0.15, 0.2) is 5.78 Å². The molecule has 1 unspecified atom stereocenters. The Kier molecular flexibility index (Phi) is 10.8. The lowest BCUT2D eigenvalue weighted by atomic mass is 9.92. The number of phenolic OH excluding ortho intramolecular Hbond substituents is 1. The molecule has 0 fully saturated rings. The molecule has 0 saturated carbocycles. The molecular formula is C39H40O12. The molecule has 0 aliphatic heterocycles. The molecule has 2 N–H and O–H groups in total. The van der Waals surface area contributed by atoms with E-state index >= 15 is 0 Å². The van der Waals surface area contributed by atoms with Gasteiger partial charge in [-0.2, -0.15) is 0 Å². The predicted octanol–water partition coefficient (Wildman–Crippen LogP) is 6.59. The Balaban J connectivity index is 1.63. The Morgan fingerprint density at radius 2 is 1.14 bits per heavy atom. The molecule has 0 aromatic heterocycles. The van der Waals surface area contributed by atoms with Crippen LogP contribution in [0.5, 0.6) is 28.7 Å². The van der Waals surface area contributed by atoms with Gasteiger partial charge in [-0.15, -0.1) is 0 Å². The van der Waals surface area contributed by atoms with Crippen LogP contribution < -0.4 is 18.9 Å². The Labute approximate surface area is 295 Å². The summed E-state index contributed by atoms with van der Waals surface area (Å²) in [5.74, 6) is -4.72. The number of hydrogen-bond acceptors (Lipinski definition) is 11. The largest absolute Gasteiger partial charge is 0.507 e. The van der Waals surface area contributed by atoms with Crippen LogP contribution in [-0.2, 0) is 14.3 Å². The van der Waals surface area contributed by atoms with Crippen LogP contribution in [-0.4, -0.2) is 54.1 Å². The van der Waals surface area contributed by atoms with E-state index in [0.717, 1.165) is 0 Å². The van der Waals surface area contributed by atoms with Crippen molar-refractivity contribution in [1.82, 2.24) is 0 Å². The van der Waals surface area contributed by atoms with Gasteiger partial charge >= 0.3 is 23.9 Å². The Hall–Kier alpha value is -5.91. The van der Waals surface area contributed by atoms with Gasteiger partial charge in [0.1, 0.15) is 51.6 Å². The van der Waals surface area contributed by atoms with E-state index in [0.29, 0.717) is 44.5 Å². The molecule has 0 radical (unpaired) electrons. The van der Waals surface area contributed by atoms with Crippen LogP contribution in [0.15, 0.2) is 35.6 Å². The summed E-state index contributed by atoms with van der Waals surface area (Å²) in [5.41, 5.74) is 3.53. The number of carboxylic acids is 1. The molecule has 51 heavy (non-hydrogen) atoms. The first kappa shape index (κ1) is 37.9. The van der Waals surface area contributed by atoms with Crippen molar-refractivity contribution in [3.63, 3.8) is 0 Å². The quantitative estimate of drug-likeness (QED) is 0.182. The minimum Gasteiger partial charge on any atom is -0.507 e. The van der Waals surface area contributed by atoms with Crippen molar-refractivity contribution in [2.45, 2.75) is 62.3 Å². The van der Waals surface area contributed by atoms with E-state index in [1.165, 1.54) is 45.4 Å². The van der Waals surface area contributed by atoms with E-state index in [2.05, 4.69) is 0 Å². The zero-order chi connectivity index (χ0) is 38.2. The number of hydrogen-bond donors (Lipinski definition) is 2. The van der Waals surface area contributed by atoms with Crippen molar-refractivity contribution in [3.8, 4) is 28.7 Å². The summed E-state index contributed by atoms with van der Waals surface area (Å²) in [6, 6.07) is 2.86. The van der Waals surface area contributed by atoms with E-state index in [1.807, 2.05) is 0 Å². The maximum absolute atomic E-state index is 13.6. The topological polar surface area (TPSA) is 172 Å². The third-order valence-electron chi connectivity index (χ3n) is 9.39. The van der Waals surface area contributed by atoms with Crippen molar-refractivity contribution < 1.29 is 57.9 Å². The second-order valence-electron chi connectivity index (χ2n) is 12.4. The predicted molar refractivity (Wildman–Crippen MR) is 185 cm³/mol. The average molecular weight is 701 g/mol. The molecule has 0 saturated heterocycles. The number of ether oxygens (including phenoxy) is 5. The number of allylic oxidation sites excluding steroid dienone is 2. The molecule has 0 bridgehead atoms. The highest BCUT2D eigenvalue weighted by Crippen LogP contribution is 2.40. The monoisotopic (exact) mass is 700 g/mol. The van der Waals surface area contributed by atoms with Crippen LogP contribution in [0.1, 0.15) is 82.5 Å². The van der Waals surface area contributed by atoms with E-state index < -0.39 is 35.5 Å². The summed E-state index contributed by atoms with van der Waals surface area (Å²) < 4.78 is 27.8. The standard InChI is InChI=1S/C39H40O12/c1-16-12-25(40)14-28(47-10)31(16)38(45)51-35-23(8)22(7)33(34(41)24(35)9)39(46)49-26-13-17(2)30(20(5)18(26)3)37(44)50-27-15-29(48-11)32(36(42)43)21(6)19(27)4/h12-15,31,41H,1-11H3,(H,42,43). The highest BCUT2D eigenvalue weighted by atomic mass is 16.5. The summed E-state index contributed by atoms with van der Waals surface area (Å²) in [6.45, 7) is 14.5. The highest BCUT2D eigenvalue weighted by Gasteiger charge is 2.34. The smallest absolute Gasteiger partial charge is 0.347 e. The molecule has 3 aromatic rings. The molecule has 4 rings (SSSR count). The lowest BCUT2D eigenvalue weighted by Crippen LogP contribution is -2.28. The zero-order valence-corrected chi connectivity index (χ0v) is 30.4. The summed E-state index contributed by atoms with van der Waals surface area (Å²) in [5, 5.41) is 20.8. The molecule has 12 heteroatoms. The van der Waals surface area contributed by atoms with E-state index in [4.69, 9.17) is 23.7 Å². The molecule has 1 aliphatic carbocycles. The summed E-state index contributed by atoms with van der Waals surface area (Å²) >= 11 is 0. The number of ketones is 1. The lowest BCUT2D eigenvalue weighted by Gasteiger charge is -2.23. The van der Waals surface area contributed by atoms with Crippen molar-refractivity contribution >= 4 is 29.7 Å². The van der Waals surface area contributed by atoms with Crippen LogP contribution in [0.4, 0.5) is 0 Å². The number of carbonyl (C=O) groups is 5. The number of aromatic hydroxyl groups is 1. The van der Waals surface area contributed by atoms with Crippen molar-refractivity contribution in [2.75, 3.05) is 14.2 Å². The van der Waals surface area contributed by atoms with Crippen molar-refractivity contribution in [3.05, 3.63) is 96.8 Å². The number of methoxy groups -OCH3 is 2. The van der Waals surface area contributed by atoms with Crippen LogP contribution in [0.3, 0.4) is 0 Å². The van der Waals surface area contributed by atoms with Crippen molar-refractivity contribution in [2.24, 2.45) is 5.92 Å². The molecule has 268 valence electrons. The van der Waals surface area contributed by atoms with Crippen LogP contribution in [0.25, 0.3) is 0 Å². The molecule has 12 nitrogen and oxygen atoms in total. The van der Waals surface area contributed by atoms with E-state index in [9.17, 15) is 34.2 Å². The fourth-order valence-corrected chi connectivity index (χ4v) is 6.11. The molecule has 0 heterocycles. The number of aromatic carboxylic acids is 1. The molecular weight excluding hydrogens is 660 g/mol. The maximum atomic E-state index is 13.6. The molecule has 0 spiro atoms. The first-order valence-electron chi connectivity index (χ1n) is 15.8. The zero-order valence-electron chi connectivity index (χ0n) is 30.4. The average Bonchev–Trinajstić information content (AvgIpc) is 3.05. The van der Waals surface area contributed by atoms with Gasteiger partial charge in [-0.3, -0.25) is 9.59 Å². The van der Waals surface area contributed by atoms with Crippen molar-refractivity contribution in [1.29, 1.82) is 0 Å². The molecule has 1 atom stereocenters. The second-order valence-corrected chi connectivity index (χ2v) is 12.4. The fraction of sp³-hybridized carbons (Fsp3) is 0.308. The summed E-state index contributed by atoms with van der Waals surface area (Å²) in [7, 11) is 2.67. The Bertz CT molecular complexity index is 2070. The number of carbonyl (C=O) groups excluding carboxylic acids is 4. The second kappa shape index (κ2) is 14.5. The highest BCUT2D eigenvalue weighted by molar-refractivity contribution is 6.04. The molecule has 0 amide bonds. The number of aryl methyl sites for hydroxylation is 1. The van der Waals surface area contributed by atoms with E-state index in [1.54, 1.807) is 55.4 Å². The van der Waals surface area contributed by atoms with Gasteiger partial charge in [-0.05, 0) is 119 Å². The molecule has 1 aliphatic rings. The number of rotatable bonds is 9. The van der Waals surface area contributed by atoms with Gasteiger partial charge < -0.3 is 33.9 Å². The third-order valence-corrected chi connectivity index (χ3v) is 9.39. The minimum absolute atomic E-state index is 0.0322. The first-order chi connectivity index (χ1) is 23.9. The maximum Gasteiger partial charge on any atom is 0.347 e. The Morgan fingerprint density at radius 1 is 0.608 bits per heavy atom. The van der Waals surface area contributed by atoms with Crippen LogP contribution in [0.2, 0.25) is 0 Å². The van der Waals surface area contributed by atoms with E-state index in [-0.39, 0.29) is 56.8 Å². The van der Waals surface area contributed by atoms with Gasteiger partial charge in [0.2, 0.25) is 0 Å².